The molecule has 4 atom stereocenters. The Morgan fingerprint density at radius 2 is 1.69 bits per heavy atom. The normalized spacial score (nSPS) is 34.2. The molecule has 2 aromatic rings. The summed E-state index contributed by atoms with van der Waals surface area (Å²) in [6, 6.07) is 16.5. The molecular weight excluding hydrogens is 562 g/mol. The van der Waals surface area contributed by atoms with Gasteiger partial charge in [-0.3, -0.25) is 4.90 Å². The van der Waals surface area contributed by atoms with Gasteiger partial charge in [0.2, 0.25) is 0 Å². The fraction of sp³-hybridized carbons (Fsp3) is 0.605. The third-order valence-corrected chi connectivity index (χ3v) is 11.6. The summed E-state index contributed by atoms with van der Waals surface area (Å²) < 4.78 is 13.5. The molecule has 7 nitrogen and oxygen atoms in total. The number of nitrogens with one attached hydrogen (secondary N) is 2. The monoisotopic (exact) mass is 613 g/mol. The lowest BCUT2D eigenvalue weighted by atomic mass is 9.53. The van der Waals surface area contributed by atoms with E-state index < -0.39 is 6.29 Å². The van der Waals surface area contributed by atoms with Crippen LogP contribution in [0, 0.1) is 23.7 Å². The number of urea groups is 1. The number of benzene rings is 2. The highest BCUT2D eigenvalue weighted by atomic mass is 16.7. The zero-order valence-electron chi connectivity index (χ0n) is 26.8. The van der Waals surface area contributed by atoms with Crippen LogP contribution in [0.1, 0.15) is 100 Å². The van der Waals surface area contributed by atoms with Crippen LogP contribution in [0.5, 0.6) is 0 Å². The molecule has 45 heavy (non-hydrogen) atoms. The second kappa shape index (κ2) is 13.2. The number of carbonyl (C=O) groups is 1. The summed E-state index contributed by atoms with van der Waals surface area (Å²) in [6.45, 7) is 7.95. The third-order valence-electron chi connectivity index (χ3n) is 11.6. The molecule has 1 aliphatic heterocycles. The van der Waals surface area contributed by atoms with Crippen LogP contribution in [0.3, 0.4) is 0 Å². The number of rotatable bonds is 10. The van der Waals surface area contributed by atoms with Gasteiger partial charge in [-0.25, -0.2) is 4.79 Å². The van der Waals surface area contributed by atoms with Crippen molar-refractivity contribution in [3.05, 3.63) is 77.9 Å². The number of aliphatic hydroxyl groups is 1. The van der Waals surface area contributed by atoms with Gasteiger partial charge in [0.15, 0.2) is 6.29 Å². The van der Waals surface area contributed by atoms with Gasteiger partial charge in [0.25, 0.3) is 0 Å². The Bertz CT molecular complexity index is 1300. The fourth-order valence-corrected chi connectivity index (χ4v) is 9.80. The van der Waals surface area contributed by atoms with E-state index in [0.717, 1.165) is 72.5 Å². The molecule has 5 saturated carbocycles. The SMILES string of the molecule is C=CCN(C[C@H]1O[C@@H](c2cccc(NC(=O)NC34CC5CC(CC(C5)C3)C4)c2)O[C@@H](c2ccc(CO)cc2)[C@H]1C)C1CCCC1. The van der Waals surface area contributed by atoms with E-state index in [-0.39, 0.29) is 36.3 Å². The molecule has 8 rings (SSSR count). The molecule has 0 unspecified atom stereocenters. The summed E-state index contributed by atoms with van der Waals surface area (Å²) in [4.78, 5) is 15.9. The average molecular weight is 614 g/mol. The zero-order chi connectivity index (χ0) is 31.0. The van der Waals surface area contributed by atoms with Gasteiger partial charge in [0.1, 0.15) is 0 Å². The van der Waals surface area contributed by atoms with Gasteiger partial charge in [-0.2, -0.15) is 0 Å². The van der Waals surface area contributed by atoms with Crippen LogP contribution in [0.15, 0.2) is 61.2 Å². The first-order valence-corrected chi connectivity index (χ1v) is 17.4. The lowest BCUT2D eigenvalue weighted by molar-refractivity contribution is -0.276. The molecule has 4 bridgehead atoms. The quantitative estimate of drug-likeness (QED) is 0.242. The topological polar surface area (TPSA) is 83.1 Å². The average Bonchev–Trinajstić information content (AvgIpc) is 3.56. The van der Waals surface area contributed by atoms with Crippen LogP contribution in [-0.2, 0) is 16.1 Å². The van der Waals surface area contributed by atoms with Crippen molar-refractivity contribution in [3.63, 3.8) is 0 Å². The fourth-order valence-electron chi connectivity index (χ4n) is 9.80. The minimum Gasteiger partial charge on any atom is -0.392 e. The molecule has 1 heterocycles. The lowest BCUT2D eigenvalue weighted by Crippen LogP contribution is -2.60. The first-order chi connectivity index (χ1) is 21.9. The molecule has 5 aliphatic carbocycles. The van der Waals surface area contributed by atoms with Crippen molar-refractivity contribution in [2.75, 3.05) is 18.4 Å². The first kappa shape index (κ1) is 30.9. The first-order valence-electron chi connectivity index (χ1n) is 17.4. The molecule has 0 radical (unpaired) electrons. The maximum Gasteiger partial charge on any atom is 0.319 e. The van der Waals surface area contributed by atoms with Gasteiger partial charge < -0.3 is 25.2 Å². The second-order valence-electron chi connectivity index (χ2n) is 14.9. The molecule has 7 heteroatoms. The van der Waals surface area contributed by atoms with Gasteiger partial charge in [-0.15, -0.1) is 6.58 Å². The van der Waals surface area contributed by atoms with Crippen LogP contribution in [0.4, 0.5) is 10.5 Å². The Hall–Kier alpha value is -2.71. The van der Waals surface area contributed by atoms with Crippen molar-refractivity contribution in [1.82, 2.24) is 10.2 Å². The van der Waals surface area contributed by atoms with Crippen molar-refractivity contribution in [1.29, 1.82) is 0 Å². The molecule has 6 fully saturated rings. The molecule has 6 aliphatic rings. The van der Waals surface area contributed by atoms with E-state index in [1.807, 2.05) is 42.5 Å². The number of aliphatic hydroxyl groups excluding tert-OH is 1. The molecule has 0 aromatic heterocycles. The van der Waals surface area contributed by atoms with Crippen LogP contribution < -0.4 is 10.6 Å². The Balaban J connectivity index is 1.09. The third kappa shape index (κ3) is 6.73. The van der Waals surface area contributed by atoms with Crippen LogP contribution in [0.25, 0.3) is 0 Å². The van der Waals surface area contributed by atoms with Crippen LogP contribution >= 0.6 is 0 Å². The maximum atomic E-state index is 13.4. The standard InChI is InChI=1S/C38H51N3O4/c1-3-15-41(33-9-4-5-10-33)23-34-25(2)35(30-13-11-26(24-42)12-14-30)45-36(44-34)31-7-6-8-32(19-31)39-37(43)40-38-20-27-16-28(21-38)18-29(17-27)22-38/h3,6-8,11-14,19,25,27-29,33-36,42H,1,4-5,9-10,15-18,20-24H2,2H3,(H2,39,40,43)/t25-,27?,28?,29?,34+,35+,36+,38?/m0/s1. The minimum absolute atomic E-state index is 0.0177. The molecule has 2 amide bonds. The predicted octanol–water partition coefficient (Wildman–Crippen LogP) is 7.49. The number of hydrogen-bond donors (Lipinski definition) is 3. The van der Waals surface area contributed by atoms with Gasteiger partial charge in [0, 0.05) is 41.8 Å². The minimum atomic E-state index is -0.573. The molecule has 3 N–H and O–H groups in total. The molecule has 2 aromatic carbocycles. The smallest absolute Gasteiger partial charge is 0.319 e. The molecule has 0 spiro atoms. The van der Waals surface area contributed by atoms with Crippen molar-refractivity contribution >= 4 is 11.7 Å². The molecular formula is C38H51N3O4. The number of carbonyl (C=O) groups excluding carboxylic acids is 1. The number of hydrogen-bond acceptors (Lipinski definition) is 5. The highest BCUT2D eigenvalue weighted by Gasteiger charge is 2.51. The number of amides is 2. The largest absolute Gasteiger partial charge is 0.392 e. The van der Waals surface area contributed by atoms with Crippen LogP contribution in [-0.4, -0.2) is 46.8 Å². The lowest BCUT2D eigenvalue weighted by Gasteiger charge is -2.56. The van der Waals surface area contributed by atoms with Gasteiger partial charge in [0.05, 0.1) is 18.8 Å². The molecule has 242 valence electrons. The zero-order valence-corrected chi connectivity index (χ0v) is 26.8. The van der Waals surface area contributed by atoms with Crippen molar-refractivity contribution in [2.45, 2.75) is 108 Å². The highest BCUT2D eigenvalue weighted by Crippen LogP contribution is 2.55. The van der Waals surface area contributed by atoms with Gasteiger partial charge in [-0.1, -0.05) is 62.2 Å². The van der Waals surface area contributed by atoms with E-state index in [9.17, 15) is 9.90 Å². The summed E-state index contributed by atoms with van der Waals surface area (Å²) in [5, 5.41) is 16.2. The van der Waals surface area contributed by atoms with Crippen molar-refractivity contribution in [2.24, 2.45) is 23.7 Å². The molecule has 1 saturated heterocycles. The van der Waals surface area contributed by atoms with Gasteiger partial charge >= 0.3 is 6.03 Å². The number of anilines is 1. The second-order valence-corrected chi connectivity index (χ2v) is 14.9. The maximum absolute atomic E-state index is 13.4. The summed E-state index contributed by atoms with van der Waals surface area (Å²) in [5.74, 6) is 2.45. The Morgan fingerprint density at radius 3 is 2.33 bits per heavy atom. The van der Waals surface area contributed by atoms with E-state index in [2.05, 4.69) is 41.2 Å². The number of ether oxygens (including phenoxy) is 2. The van der Waals surface area contributed by atoms with Crippen molar-refractivity contribution in [3.8, 4) is 0 Å². The van der Waals surface area contributed by atoms with E-state index in [1.165, 1.54) is 44.9 Å². The Kier molecular flexibility index (Phi) is 9.06. The highest BCUT2D eigenvalue weighted by molar-refractivity contribution is 5.90. The Labute approximate surface area is 268 Å². The van der Waals surface area contributed by atoms with Crippen molar-refractivity contribution < 1.29 is 19.4 Å². The van der Waals surface area contributed by atoms with E-state index in [4.69, 9.17) is 9.47 Å². The summed E-state index contributed by atoms with van der Waals surface area (Å²) >= 11 is 0. The van der Waals surface area contributed by atoms with Gasteiger partial charge in [-0.05, 0) is 92.4 Å². The summed E-state index contributed by atoms with van der Waals surface area (Å²) in [5.41, 5.74) is 3.58. The predicted molar refractivity (Wildman–Crippen MR) is 176 cm³/mol. The Morgan fingerprint density at radius 1 is 1.00 bits per heavy atom. The van der Waals surface area contributed by atoms with E-state index >= 15 is 0 Å². The van der Waals surface area contributed by atoms with E-state index in [1.54, 1.807) is 0 Å². The summed E-state index contributed by atoms with van der Waals surface area (Å²) in [7, 11) is 0. The van der Waals surface area contributed by atoms with Crippen LogP contribution in [0.2, 0.25) is 0 Å². The van der Waals surface area contributed by atoms with E-state index in [0.29, 0.717) is 6.04 Å². The summed E-state index contributed by atoms with van der Waals surface area (Å²) in [6.07, 6.45) is 13.6. The number of nitrogens with zero attached hydrogens (tertiary/aromatic N) is 1.